The number of sulfonamides is 1. The molecule has 1 aromatic rings. The zero-order chi connectivity index (χ0) is 14.9. The molecule has 0 radical (unpaired) electrons. The first-order valence-corrected chi connectivity index (χ1v) is 9.67. The molecule has 0 saturated carbocycles. The minimum Gasteiger partial charge on any atom is -0.385 e. The highest BCUT2D eigenvalue weighted by Gasteiger charge is 2.29. The molecule has 1 aromatic carbocycles. The van der Waals surface area contributed by atoms with E-state index in [1.165, 1.54) is 17.5 Å². The van der Waals surface area contributed by atoms with Crippen LogP contribution in [0.2, 0.25) is 0 Å². The van der Waals surface area contributed by atoms with Crippen molar-refractivity contribution in [2.24, 2.45) is 5.92 Å². The summed E-state index contributed by atoms with van der Waals surface area (Å²) in [4.78, 5) is 0. The van der Waals surface area contributed by atoms with Crippen molar-refractivity contribution in [3.05, 3.63) is 29.8 Å². The Kier molecular flexibility index (Phi) is 4.22. The first kappa shape index (κ1) is 14.9. The van der Waals surface area contributed by atoms with Crippen molar-refractivity contribution in [2.45, 2.75) is 31.6 Å². The Morgan fingerprint density at radius 1 is 1.29 bits per heavy atom. The molecule has 116 valence electrons. The second kappa shape index (κ2) is 5.97. The van der Waals surface area contributed by atoms with Crippen molar-refractivity contribution in [3.8, 4) is 0 Å². The summed E-state index contributed by atoms with van der Waals surface area (Å²) in [6, 6.07) is 8.53. The summed E-state index contributed by atoms with van der Waals surface area (Å²) in [5.74, 6) is 1.05. The van der Waals surface area contributed by atoms with Gasteiger partial charge in [0.1, 0.15) is 0 Å². The lowest BCUT2D eigenvalue weighted by molar-refractivity contribution is 0.244. The number of nitrogens with zero attached hydrogens (tertiary/aromatic N) is 1. The average molecular weight is 308 g/mol. The summed E-state index contributed by atoms with van der Waals surface area (Å²) >= 11 is 0. The summed E-state index contributed by atoms with van der Waals surface area (Å²) in [6.45, 7) is 2.41. The highest BCUT2D eigenvalue weighted by atomic mass is 32.2. The lowest BCUT2D eigenvalue weighted by Crippen LogP contribution is -2.39. The minimum atomic E-state index is -3.04. The van der Waals surface area contributed by atoms with Crippen molar-refractivity contribution in [1.29, 1.82) is 0 Å². The van der Waals surface area contributed by atoms with Gasteiger partial charge in [0.25, 0.3) is 0 Å². The maximum Gasteiger partial charge on any atom is 0.211 e. The van der Waals surface area contributed by atoms with Gasteiger partial charge in [0.2, 0.25) is 10.0 Å². The number of hydrogen-bond acceptors (Lipinski definition) is 3. The molecule has 2 aliphatic heterocycles. The number of hydrogen-bond donors (Lipinski definition) is 1. The smallest absolute Gasteiger partial charge is 0.211 e. The SMILES string of the molecule is CS(=O)(=O)N1CCCC(CC2CCNc3ccccc32)C1. The zero-order valence-corrected chi connectivity index (χ0v) is 13.4. The third kappa shape index (κ3) is 3.40. The van der Waals surface area contributed by atoms with Crippen LogP contribution in [-0.2, 0) is 10.0 Å². The van der Waals surface area contributed by atoms with Crippen LogP contribution in [0.1, 0.15) is 37.2 Å². The summed E-state index contributed by atoms with van der Waals surface area (Å²) in [6.07, 6.45) is 5.72. The highest BCUT2D eigenvalue weighted by Crippen LogP contribution is 2.37. The van der Waals surface area contributed by atoms with Gasteiger partial charge in [-0.3, -0.25) is 0 Å². The van der Waals surface area contributed by atoms with Gasteiger partial charge < -0.3 is 5.32 Å². The van der Waals surface area contributed by atoms with Gasteiger partial charge in [-0.05, 0) is 49.1 Å². The fourth-order valence-corrected chi connectivity index (χ4v) is 4.66. The van der Waals surface area contributed by atoms with E-state index in [9.17, 15) is 8.42 Å². The Balaban J connectivity index is 1.70. The molecule has 0 aromatic heterocycles. The van der Waals surface area contributed by atoms with Crippen LogP contribution in [0, 0.1) is 5.92 Å². The van der Waals surface area contributed by atoms with E-state index < -0.39 is 10.0 Å². The van der Waals surface area contributed by atoms with E-state index in [2.05, 4.69) is 29.6 Å². The van der Waals surface area contributed by atoms with Gasteiger partial charge in [-0.2, -0.15) is 0 Å². The van der Waals surface area contributed by atoms with Gasteiger partial charge in [-0.1, -0.05) is 18.2 Å². The van der Waals surface area contributed by atoms with Crippen molar-refractivity contribution in [2.75, 3.05) is 31.2 Å². The largest absolute Gasteiger partial charge is 0.385 e. The summed E-state index contributed by atoms with van der Waals surface area (Å²) in [7, 11) is -3.04. The first-order valence-electron chi connectivity index (χ1n) is 7.82. The molecule has 2 aliphatic rings. The monoisotopic (exact) mass is 308 g/mol. The molecule has 4 nitrogen and oxygen atoms in total. The standard InChI is InChI=1S/C16H24N2O2S/c1-21(19,20)18-10-4-5-13(12-18)11-14-8-9-17-16-7-3-2-6-15(14)16/h2-3,6-7,13-14,17H,4-5,8-12H2,1H3. The molecular formula is C16H24N2O2S. The molecule has 2 heterocycles. The third-order valence-corrected chi connectivity index (χ3v) is 6.05. The van der Waals surface area contributed by atoms with Crippen LogP contribution >= 0.6 is 0 Å². The summed E-state index contributed by atoms with van der Waals surface area (Å²) in [5.41, 5.74) is 2.66. The third-order valence-electron chi connectivity index (χ3n) is 4.78. The van der Waals surface area contributed by atoms with Crippen LogP contribution in [-0.4, -0.2) is 38.6 Å². The van der Waals surface area contributed by atoms with Crippen LogP contribution in [0.5, 0.6) is 0 Å². The van der Waals surface area contributed by atoms with E-state index in [4.69, 9.17) is 0 Å². The molecule has 2 atom stereocenters. The Morgan fingerprint density at radius 3 is 2.90 bits per heavy atom. The van der Waals surface area contributed by atoms with Crippen molar-refractivity contribution in [3.63, 3.8) is 0 Å². The fourth-order valence-electron chi connectivity index (χ4n) is 3.72. The van der Waals surface area contributed by atoms with Gasteiger partial charge in [0.05, 0.1) is 6.26 Å². The van der Waals surface area contributed by atoms with Crippen LogP contribution in [0.25, 0.3) is 0 Å². The number of fused-ring (bicyclic) bond motifs is 1. The molecule has 3 rings (SSSR count). The first-order chi connectivity index (χ1) is 10.0. The summed E-state index contributed by atoms with van der Waals surface area (Å²) in [5, 5.41) is 3.46. The van der Waals surface area contributed by atoms with Gasteiger partial charge in [0, 0.05) is 25.3 Å². The topological polar surface area (TPSA) is 49.4 Å². The molecule has 21 heavy (non-hydrogen) atoms. The predicted octanol–water partition coefficient (Wildman–Crippen LogP) is 2.65. The molecule has 5 heteroatoms. The Morgan fingerprint density at radius 2 is 2.10 bits per heavy atom. The number of rotatable bonds is 3. The Bertz CT molecular complexity index is 600. The molecule has 2 unspecified atom stereocenters. The second-order valence-corrected chi connectivity index (χ2v) is 8.35. The minimum absolute atomic E-state index is 0.490. The van der Waals surface area contributed by atoms with E-state index >= 15 is 0 Å². The fraction of sp³-hybridized carbons (Fsp3) is 0.625. The quantitative estimate of drug-likeness (QED) is 0.934. The molecule has 1 fully saturated rings. The van der Waals surface area contributed by atoms with Gasteiger partial charge in [0.15, 0.2) is 0 Å². The van der Waals surface area contributed by atoms with Crippen LogP contribution < -0.4 is 5.32 Å². The Hall–Kier alpha value is -1.07. The van der Waals surface area contributed by atoms with E-state index in [1.54, 1.807) is 4.31 Å². The van der Waals surface area contributed by atoms with Crippen molar-refractivity contribution < 1.29 is 8.42 Å². The van der Waals surface area contributed by atoms with Gasteiger partial charge in [-0.15, -0.1) is 0 Å². The Labute approximate surface area is 127 Å². The lowest BCUT2D eigenvalue weighted by Gasteiger charge is -2.35. The number of anilines is 1. The van der Waals surface area contributed by atoms with E-state index in [0.29, 0.717) is 24.9 Å². The number of para-hydroxylation sites is 1. The molecule has 1 N–H and O–H groups in total. The van der Waals surface area contributed by atoms with Crippen molar-refractivity contribution in [1.82, 2.24) is 4.31 Å². The van der Waals surface area contributed by atoms with E-state index in [0.717, 1.165) is 32.2 Å². The normalized spacial score (nSPS) is 26.9. The predicted molar refractivity (Wildman–Crippen MR) is 86.0 cm³/mol. The highest BCUT2D eigenvalue weighted by molar-refractivity contribution is 7.88. The molecular weight excluding hydrogens is 284 g/mol. The van der Waals surface area contributed by atoms with Crippen LogP contribution in [0.15, 0.2) is 24.3 Å². The molecule has 0 amide bonds. The molecule has 0 spiro atoms. The second-order valence-electron chi connectivity index (χ2n) is 6.36. The average Bonchev–Trinajstić information content (AvgIpc) is 2.47. The maximum absolute atomic E-state index is 11.7. The zero-order valence-electron chi connectivity index (χ0n) is 12.6. The number of nitrogens with one attached hydrogen (secondary N) is 1. The lowest BCUT2D eigenvalue weighted by atomic mass is 9.81. The van der Waals surface area contributed by atoms with E-state index in [-0.39, 0.29) is 0 Å². The molecule has 0 aliphatic carbocycles. The van der Waals surface area contributed by atoms with E-state index in [1.807, 2.05) is 0 Å². The van der Waals surface area contributed by atoms with Gasteiger partial charge >= 0.3 is 0 Å². The molecule has 0 bridgehead atoms. The van der Waals surface area contributed by atoms with Crippen LogP contribution in [0.4, 0.5) is 5.69 Å². The molecule has 1 saturated heterocycles. The number of benzene rings is 1. The van der Waals surface area contributed by atoms with Crippen LogP contribution in [0.3, 0.4) is 0 Å². The maximum atomic E-state index is 11.7. The van der Waals surface area contributed by atoms with Gasteiger partial charge in [-0.25, -0.2) is 12.7 Å². The van der Waals surface area contributed by atoms with Crippen molar-refractivity contribution >= 4 is 15.7 Å². The number of piperidine rings is 1. The summed E-state index contributed by atoms with van der Waals surface area (Å²) < 4.78 is 25.1.